The van der Waals surface area contributed by atoms with Crippen LogP contribution < -0.4 is 9.47 Å². The van der Waals surface area contributed by atoms with Crippen molar-refractivity contribution in [3.8, 4) is 34.1 Å². The average Bonchev–Trinajstić information content (AvgIpc) is 3.14. The summed E-state index contributed by atoms with van der Waals surface area (Å²) in [6, 6.07) is 9.11. The number of imidazole rings is 1. The molecule has 3 heterocycles. The smallest absolute Gasteiger partial charge is 0.140 e. The SMILES string of the molecule is COc1cc(OC/C2=C/N=C/C=C\CC2)ccc1-c1nc(-c2ccc(Cl)nc2)[nH]c1Cl. The molecule has 0 unspecified atom stereocenters. The summed E-state index contributed by atoms with van der Waals surface area (Å²) >= 11 is 12.3. The first-order chi connectivity index (χ1) is 15.1. The first kappa shape index (κ1) is 21.2. The van der Waals surface area contributed by atoms with E-state index in [0.717, 1.165) is 29.5 Å². The summed E-state index contributed by atoms with van der Waals surface area (Å²) in [5.41, 5.74) is 3.24. The lowest BCUT2D eigenvalue weighted by atomic mass is 10.1. The Morgan fingerprint density at radius 2 is 2.06 bits per heavy atom. The molecule has 0 spiro atoms. The zero-order chi connectivity index (χ0) is 21.6. The van der Waals surface area contributed by atoms with Crippen LogP contribution >= 0.6 is 23.2 Å². The standard InChI is InChI=1S/C23H20Cl2N4O2/c1-30-19-11-17(31-14-15-5-3-2-4-10-26-12-15)7-8-18(19)21-22(25)29-23(28-21)16-6-9-20(24)27-13-16/h2,4,6-13H,3,5,14H2,1H3,(H,28,29)/b4-2-,15-12+,26-10+. The van der Waals surface area contributed by atoms with E-state index < -0.39 is 0 Å². The van der Waals surface area contributed by atoms with Crippen LogP contribution in [0.15, 0.2) is 65.4 Å². The highest BCUT2D eigenvalue weighted by Gasteiger charge is 2.17. The molecule has 1 N–H and O–H groups in total. The number of rotatable bonds is 6. The molecule has 1 aliphatic heterocycles. The number of nitrogens with one attached hydrogen (secondary N) is 1. The lowest BCUT2D eigenvalue weighted by molar-refractivity contribution is 0.343. The summed E-state index contributed by atoms with van der Waals surface area (Å²) in [5.74, 6) is 1.90. The van der Waals surface area contributed by atoms with Gasteiger partial charge in [0.2, 0.25) is 0 Å². The second-order valence-corrected chi connectivity index (χ2v) is 7.59. The first-order valence-electron chi connectivity index (χ1n) is 9.69. The number of methoxy groups -OCH3 is 1. The minimum atomic E-state index is 0.405. The van der Waals surface area contributed by atoms with Gasteiger partial charge in [-0.05, 0) is 48.8 Å². The number of aromatic nitrogens is 3. The fraction of sp³-hybridized carbons (Fsp3) is 0.174. The molecule has 0 saturated carbocycles. The molecule has 4 rings (SSSR count). The third-order valence-corrected chi connectivity index (χ3v) is 5.21. The topological polar surface area (TPSA) is 72.4 Å². The summed E-state index contributed by atoms with van der Waals surface area (Å²) in [6.07, 6.45) is 11.2. The van der Waals surface area contributed by atoms with Crippen LogP contribution in [0.25, 0.3) is 22.6 Å². The van der Waals surface area contributed by atoms with Crippen molar-refractivity contribution in [3.63, 3.8) is 0 Å². The molecule has 3 aromatic rings. The Hall–Kier alpha value is -3.09. The van der Waals surface area contributed by atoms with Crippen LogP contribution in [0, 0.1) is 0 Å². The number of halogens is 2. The quantitative estimate of drug-likeness (QED) is 0.454. The van der Waals surface area contributed by atoms with Gasteiger partial charge in [0.15, 0.2) is 0 Å². The maximum Gasteiger partial charge on any atom is 0.140 e. The molecule has 8 heteroatoms. The third-order valence-electron chi connectivity index (χ3n) is 4.71. The average molecular weight is 455 g/mol. The van der Waals surface area contributed by atoms with E-state index in [1.54, 1.807) is 25.6 Å². The van der Waals surface area contributed by atoms with Gasteiger partial charge in [0.1, 0.15) is 39.9 Å². The van der Waals surface area contributed by atoms with Crippen LogP contribution in [0.3, 0.4) is 0 Å². The van der Waals surface area contributed by atoms with Crippen LogP contribution in [0.5, 0.6) is 11.5 Å². The maximum atomic E-state index is 6.44. The van der Waals surface area contributed by atoms with Crippen molar-refractivity contribution < 1.29 is 9.47 Å². The Morgan fingerprint density at radius 1 is 1.16 bits per heavy atom. The molecule has 1 aromatic carbocycles. The van der Waals surface area contributed by atoms with Gasteiger partial charge < -0.3 is 14.5 Å². The maximum absolute atomic E-state index is 6.44. The molecule has 0 amide bonds. The molecule has 0 atom stereocenters. The highest BCUT2D eigenvalue weighted by Crippen LogP contribution is 2.37. The van der Waals surface area contributed by atoms with Gasteiger partial charge in [-0.3, -0.25) is 4.99 Å². The molecule has 0 saturated heterocycles. The molecule has 0 radical (unpaired) electrons. The van der Waals surface area contributed by atoms with Crippen molar-refractivity contribution >= 4 is 29.4 Å². The molecule has 0 bridgehead atoms. The largest absolute Gasteiger partial charge is 0.496 e. The predicted molar refractivity (Wildman–Crippen MR) is 124 cm³/mol. The van der Waals surface area contributed by atoms with Gasteiger partial charge in [0.05, 0.1) is 7.11 Å². The van der Waals surface area contributed by atoms with E-state index in [4.69, 9.17) is 32.7 Å². The van der Waals surface area contributed by atoms with Crippen LogP contribution in [0.1, 0.15) is 12.8 Å². The highest BCUT2D eigenvalue weighted by molar-refractivity contribution is 6.32. The van der Waals surface area contributed by atoms with Crippen molar-refractivity contribution in [2.45, 2.75) is 12.8 Å². The van der Waals surface area contributed by atoms with Crippen LogP contribution in [-0.4, -0.2) is 34.9 Å². The van der Waals surface area contributed by atoms with Crippen molar-refractivity contribution in [1.82, 2.24) is 15.0 Å². The molecule has 0 aliphatic carbocycles. The Bertz CT molecular complexity index is 1150. The van der Waals surface area contributed by atoms with Crippen LogP contribution in [0.2, 0.25) is 10.3 Å². The van der Waals surface area contributed by atoms with Gasteiger partial charge in [-0.1, -0.05) is 29.3 Å². The first-order valence-corrected chi connectivity index (χ1v) is 10.4. The number of nitrogens with zero attached hydrogens (tertiary/aromatic N) is 3. The second kappa shape index (κ2) is 9.81. The lowest BCUT2D eigenvalue weighted by Crippen LogP contribution is -2.02. The number of pyridine rings is 1. The molecule has 0 fully saturated rings. The minimum Gasteiger partial charge on any atom is -0.496 e. The summed E-state index contributed by atoms with van der Waals surface area (Å²) in [5, 5.41) is 0.819. The Kier molecular flexibility index (Phi) is 6.70. The Morgan fingerprint density at radius 3 is 2.87 bits per heavy atom. The molecule has 31 heavy (non-hydrogen) atoms. The predicted octanol–water partition coefficient (Wildman–Crippen LogP) is 6.14. The molecule has 158 valence electrons. The number of benzene rings is 1. The minimum absolute atomic E-state index is 0.405. The van der Waals surface area contributed by atoms with Crippen molar-refractivity contribution in [1.29, 1.82) is 0 Å². The van der Waals surface area contributed by atoms with Crippen LogP contribution in [0.4, 0.5) is 0 Å². The van der Waals surface area contributed by atoms with Gasteiger partial charge in [-0.2, -0.15) is 0 Å². The molecular weight excluding hydrogens is 435 g/mol. The van der Waals surface area contributed by atoms with E-state index in [1.165, 1.54) is 0 Å². The lowest BCUT2D eigenvalue weighted by Gasteiger charge is -2.12. The van der Waals surface area contributed by atoms with E-state index in [0.29, 0.717) is 39.9 Å². The Labute approximate surface area is 190 Å². The monoisotopic (exact) mass is 454 g/mol. The van der Waals surface area contributed by atoms with Gasteiger partial charge >= 0.3 is 0 Å². The van der Waals surface area contributed by atoms with Crippen LogP contribution in [-0.2, 0) is 0 Å². The van der Waals surface area contributed by atoms with E-state index in [1.807, 2.05) is 36.5 Å². The molecule has 6 nitrogen and oxygen atoms in total. The summed E-state index contributed by atoms with van der Waals surface area (Å²) in [4.78, 5) is 16.0. The number of allylic oxidation sites excluding steroid dienone is 2. The highest BCUT2D eigenvalue weighted by atomic mass is 35.5. The van der Waals surface area contributed by atoms with E-state index in [-0.39, 0.29) is 0 Å². The number of H-pyrrole nitrogens is 1. The number of hydrogen-bond donors (Lipinski definition) is 1. The normalized spacial score (nSPS) is 17.2. The van der Waals surface area contributed by atoms with Gasteiger partial charge in [0, 0.05) is 35.8 Å². The zero-order valence-corrected chi connectivity index (χ0v) is 18.3. The third kappa shape index (κ3) is 5.16. The fourth-order valence-corrected chi connectivity index (χ4v) is 3.46. The molecule has 1 aliphatic rings. The zero-order valence-electron chi connectivity index (χ0n) is 16.8. The van der Waals surface area contributed by atoms with Gasteiger partial charge in [-0.15, -0.1) is 0 Å². The molecule has 2 aromatic heterocycles. The fourth-order valence-electron chi connectivity index (χ4n) is 3.11. The number of aliphatic imine (C=N–C) groups is 1. The van der Waals surface area contributed by atoms with Crippen molar-refractivity contribution in [2.75, 3.05) is 13.7 Å². The van der Waals surface area contributed by atoms with E-state index in [9.17, 15) is 0 Å². The molecular formula is C23H20Cl2N4O2. The summed E-state index contributed by atoms with van der Waals surface area (Å²) < 4.78 is 11.5. The Balaban J connectivity index is 1.55. The number of ether oxygens (including phenoxy) is 2. The second-order valence-electron chi connectivity index (χ2n) is 6.82. The van der Waals surface area contributed by atoms with Crippen molar-refractivity contribution in [3.05, 3.63) is 70.8 Å². The number of hydrogen-bond acceptors (Lipinski definition) is 5. The summed E-state index contributed by atoms with van der Waals surface area (Å²) in [7, 11) is 1.60. The van der Waals surface area contributed by atoms with Gasteiger partial charge in [-0.25, -0.2) is 9.97 Å². The van der Waals surface area contributed by atoms with Crippen molar-refractivity contribution in [2.24, 2.45) is 4.99 Å². The number of aromatic amines is 1. The van der Waals surface area contributed by atoms with Gasteiger partial charge in [0.25, 0.3) is 0 Å². The van der Waals surface area contributed by atoms with E-state index in [2.05, 4.69) is 26.0 Å². The van der Waals surface area contributed by atoms with E-state index >= 15 is 0 Å². The summed E-state index contributed by atoms with van der Waals surface area (Å²) in [6.45, 7) is 0.463.